The van der Waals surface area contributed by atoms with E-state index in [9.17, 15) is 9.18 Å². The number of piperazine rings is 1. The first-order valence-corrected chi connectivity index (χ1v) is 10.2. The minimum absolute atomic E-state index is 0.0254. The van der Waals surface area contributed by atoms with E-state index >= 15 is 0 Å². The maximum absolute atomic E-state index is 13.4. The van der Waals surface area contributed by atoms with Crippen LogP contribution in [0.5, 0.6) is 0 Å². The molecule has 6 heteroatoms. The molecule has 1 amide bonds. The van der Waals surface area contributed by atoms with Crippen LogP contribution in [0.3, 0.4) is 0 Å². The van der Waals surface area contributed by atoms with Gasteiger partial charge in [-0.3, -0.25) is 14.6 Å². The minimum Gasteiger partial charge on any atom is -0.352 e. The highest BCUT2D eigenvalue weighted by Gasteiger charge is 2.33. The normalized spacial score (nSPS) is 19.4. The van der Waals surface area contributed by atoms with Crippen molar-refractivity contribution < 1.29 is 9.18 Å². The lowest BCUT2D eigenvalue weighted by atomic mass is 10.0. The first kappa shape index (κ1) is 19.4. The zero-order valence-corrected chi connectivity index (χ0v) is 16.5. The SMILES string of the molecule is O=C(NC1CC1)C(c1ccc(F)cc1)N1CCN(Cc2cccc(Cl)c2)CC1. The number of carbonyl (C=O) groups is 1. The van der Waals surface area contributed by atoms with Crippen LogP contribution in [0.15, 0.2) is 48.5 Å². The summed E-state index contributed by atoms with van der Waals surface area (Å²) in [4.78, 5) is 17.5. The third-order valence-corrected chi connectivity index (χ3v) is 5.66. The van der Waals surface area contributed by atoms with Gasteiger partial charge < -0.3 is 5.32 Å². The number of nitrogens with one attached hydrogen (secondary N) is 1. The number of hydrogen-bond acceptors (Lipinski definition) is 3. The Bertz CT molecular complexity index is 817. The number of rotatable bonds is 6. The van der Waals surface area contributed by atoms with Crippen molar-refractivity contribution in [2.75, 3.05) is 26.2 Å². The lowest BCUT2D eigenvalue weighted by molar-refractivity contribution is -0.127. The molecule has 1 aliphatic carbocycles. The van der Waals surface area contributed by atoms with Gasteiger partial charge in [0, 0.05) is 43.8 Å². The highest BCUT2D eigenvalue weighted by Crippen LogP contribution is 2.26. The van der Waals surface area contributed by atoms with E-state index in [0.717, 1.165) is 56.2 Å². The van der Waals surface area contributed by atoms with E-state index in [2.05, 4.69) is 21.2 Å². The quantitative estimate of drug-likeness (QED) is 0.803. The van der Waals surface area contributed by atoms with Crippen LogP contribution in [-0.2, 0) is 11.3 Å². The minimum atomic E-state index is -0.366. The molecule has 2 aliphatic rings. The van der Waals surface area contributed by atoms with E-state index < -0.39 is 0 Å². The van der Waals surface area contributed by atoms with Gasteiger partial charge in [0.05, 0.1) is 0 Å². The molecule has 4 rings (SSSR count). The van der Waals surface area contributed by atoms with Crippen LogP contribution in [0.25, 0.3) is 0 Å². The van der Waals surface area contributed by atoms with Crippen LogP contribution in [0, 0.1) is 5.82 Å². The van der Waals surface area contributed by atoms with Gasteiger partial charge >= 0.3 is 0 Å². The van der Waals surface area contributed by atoms with E-state index in [0.29, 0.717) is 6.04 Å². The fourth-order valence-electron chi connectivity index (χ4n) is 3.75. The summed E-state index contributed by atoms with van der Waals surface area (Å²) >= 11 is 6.09. The Morgan fingerprint density at radius 2 is 1.82 bits per heavy atom. The van der Waals surface area contributed by atoms with Gasteiger partial charge in [0.25, 0.3) is 0 Å². The van der Waals surface area contributed by atoms with Gasteiger partial charge in [0.15, 0.2) is 0 Å². The number of benzene rings is 2. The maximum Gasteiger partial charge on any atom is 0.242 e. The molecule has 1 N–H and O–H groups in total. The zero-order valence-electron chi connectivity index (χ0n) is 15.8. The number of nitrogens with zero attached hydrogens (tertiary/aromatic N) is 2. The second-order valence-electron chi connectivity index (χ2n) is 7.68. The fourth-order valence-corrected chi connectivity index (χ4v) is 3.97. The molecule has 2 fully saturated rings. The predicted octanol–water partition coefficient (Wildman–Crippen LogP) is 3.62. The topological polar surface area (TPSA) is 35.6 Å². The van der Waals surface area contributed by atoms with Crippen molar-refractivity contribution in [1.82, 2.24) is 15.1 Å². The van der Waals surface area contributed by atoms with Crippen molar-refractivity contribution in [3.63, 3.8) is 0 Å². The average molecular weight is 402 g/mol. The molecule has 148 valence electrons. The van der Waals surface area contributed by atoms with Crippen LogP contribution >= 0.6 is 11.6 Å². The highest BCUT2D eigenvalue weighted by atomic mass is 35.5. The Labute approximate surface area is 170 Å². The molecule has 1 saturated heterocycles. The summed E-state index contributed by atoms with van der Waals surface area (Å²) in [6.45, 7) is 4.19. The van der Waals surface area contributed by atoms with Gasteiger partial charge in [-0.25, -0.2) is 4.39 Å². The molecule has 1 aliphatic heterocycles. The summed E-state index contributed by atoms with van der Waals surface area (Å²) in [6.07, 6.45) is 2.10. The maximum atomic E-state index is 13.4. The van der Waals surface area contributed by atoms with E-state index in [1.165, 1.54) is 17.7 Å². The summed E-state index contributed by atoms with van der Waals surface area (Å²) in [5.74, 6) is -0.256. The molecule has 28 heavy (non-hydrogen) atoms. The predicted molar refractivity (Wildman–Crippen MR) is 109 cm³/mol. The Kier molecular flexibility index (Phi) is 5.95. The highest BCUT2D eigenvalue weighted by molar-refractivity contribution is 6.30. The summed E-state index contributed by atoms with van der Waals surface area (Å²) in [7, 11) is 0. The molecular weight excluding hydrogens is 377 g/mol. The van der Waals surface area contributed by atoms with Gasteiger partial charge in [-0.05, 0) is 48.2 Å². The Morgan fingerprint density at radius 3 is 2.46 bits per heavy atom. The molecule has 2 aromatic rings. The number of amides is 1. The molecule has 1 atom stereocenters. The lowest BCUT2D eigenvalue weighted by Gasteiger charge is -2.39. The van der Waals surface area contributed by atoms with E-state index in [1.54, 1.807) is 12.1 Å². The Morgan fingerprint density at radius 1 is 1.11 bits per heavy atom. The first-order chi connectivity index (χ1) is 13.6. The second-order valence-corrected chi connectivity index (χ2v) is 8.12. The number of hydrogen-bond donors (Lipinski definition) is 1. The van der Waals surface area contributed by atoms with E-state index in [4.69, 9.17) is 11.6 Å². The van der Waals surface area contributed by atoms with Crippen molar-refractivity contribution in [2.45, 2.75) is 31.5 Å². The van der Waals surface area contributed by atoms with E-state index in [1.807, 2.05) is 18.2 Å². The Balaban J connectivity index is 1.42. The zero-order chi connectivity index (χ0) is 19.5. The van der Waals surface area contributed by atoms with Crippen LogP contribution in [0.2, 0.25) is 5.02 Å². The van der Waals surface area contributed by atoms with Crippen molar-refractivity contribution in [1.29, 1.82) is 0 Å². The molecule has 1 unspecified atom stereocenters. The lowest BCUT2D eigenvalue weighted by Crippen LogP contribution is -2.51. The number of carbonyl (C=O) groups excluding carboxylic acids is 1. The van der Waals surface area contributed by atoms with Crippen molar-refractivity contribution >= 4 is 17.5 Å². The van der Waals surface area contributed by atoms with Gasteiger partial charge in [-0.1, -0.05) is 35.9 Å². The first-order valence-electron chi connectivity index (χ1n) is 9.85. The van der Waals surface area contributed by atoms with Gasteiger partial charge in [0.2, 0.25) is 5.91 Å². The largest absolute Gasteiger partial charge is 0.352 e. The Hall–Kier alpha value is -1.95. The fraction of sp³-hybridized carbons (Fsp3) is 0.409. The van der Waals surface area contributed by atoms with Crippen LogP contribution in [0.4, 0.5) is 4.39 Å². The monoisotopic (exact) mass is 401 g/mol. The van der Waals surface area contributed by atoms with Crippen molar-refractivity contribution in [2.24, 2.45) is 0 Å². The van der Waals surface area contributed by atoms with Crippen molar-refractivity contribution in [3.8, 4) is 0 Å². The van der Waals surface area contributed by atoms with Gasteiger partial charge in [-0.15, -0.1) is 0 Å². The molecule has 4 nitrogen and oxygen atoms in total. The molecule has 0 aromatic heterocycles. The average Bonchev–Trinajstić information content (AvgIpc) is 3.49. The molecule has 0 spiro atoms. The standard InChI is InChI=1S/C22H25ClFN3O/c23-18-3-1-2-16(14-18)15-26-10-12-27(13-11-26)21(22(28)25-20-8-9-20)17-4-6-19(24)7-5-17/h1-7,14,20-21H,8-13,15H2,(H,25,28). The van der Waals surface area contributed by atoms with Crippen molar-refractivity contribution in [3.05, 3.63) is 70.5 Å². The molecule has 0 radical (unpaired) electrons. The summed E-state index contributed by atoms with van der Waals surface area (Å²) in [5, 5.41) is 3.87. The van der Waals surface area contributed by atoms with Crippen LogP contribution in [0.1, 0.15) is 30.0 Å². The second kappa shape index (κ2) is 8.60. The van der Waals surface area contributed by atoms with Crippen LogP contribution in [-0.4, -0.2) is 47.9 Å². The third kappa shape index (κ3) is 4.90. The van der Waals surface area contributed by atoms with Gasteiger partial charge in [0.1, 0.15) is 11.9 Å². The van der Waals surface area contributed by atoms with Crippen LogP contribution < -0.4 is 5.32 Å². The van der Waals surface area contributed by atoms with E-state index in [-0.39, 0.29) is 17.8 Å². The molecule has 2 aromatic carbocycles. The molecule has 1 heterocycles. The van der Waals surface area contributed by atoms with Gasteiger partial charge in [-0.2, -0.15) is 0 Å². The molecule has 0 bridgehead atoms. The number of halogens is 2. The summed E-state index contributed by atoms with van der Waals surface area (Å²) in [5.41, 5.74) is 2.05. The summed E-state index contributed by atoms with van der Waals surface area (Å²) < 4.78 is 13.4. The third-order valence-electron chi connectivity index (χ3n) is 5.43. The molecular formula is C22H25ClFN3O. The summed E-state index contributed by atoms with van der Waals surface area (Å²) in [6, 6.07) is 14.2. The smallest absolute Gasteiger partial charge is 0.242 e. The molecule has 1 saturated carbocycles.